The first kappa shape index (κ1) is 23.4. The average Bonchev–Trinajstić information content (AvgIpc) is 3.39. The number of aryl methyl sites for hydroxylation is 1. The van der Waals surface area contributed by atoms with E-state index in [1.54, 1.807) is 4.90 Å². The Bertz CT molecular complexity index is 1330. The van der Waals surface area contributed by atoms with Gasteiger partial charge in [-0.2, -0.15) is 0 Å². The van der Waals surface area contributed by atoms with Gasteiger partial charge in [-0.1, -0.05) is 24.3 Å². The SMILES string of the molecule is Cc1ccc2c(c1)OCC(=O)N2Cc1ccc(C(=O)N2CCN(Cc3ccc4c(c3)OCO4)CC2)cc1. The van der Waals surface area contributed by atoms with Gasteiger partial charge in [0.25, 0.3) is 11.8 Å². The molecule has 0 unspecified atom stereocenters. The van der Waals surface area contributed by atoms with Gasteiger partial charge in [0.15, 0.2) is 18.1 Å². The maximum atomic E-state index is 13.1. The minimum Gasteiger partial charge on any atom is -0.482 e. The van der Waals surface area contributed by atoms with Crippen molar-refractivity contribution in [2.75, 3.05) is 44.5 Å². The normalized spacial score (nSPS) is 16.9. The van der Waals surface area contributed by atoms with Gasteiger partial charge in [0.2, 0.25) is 6.79 Å². The molecule has 8 nitrogen and oxygen atoms in total. The van der Waals surface area contributed by atoms with Gasteiger partial charge in [-0.25, -0.2) is 0 Å². The second-order valence-electron chi connectivity index (χ2n) is 9.69. The van der Waals surface area contributed by atoms with E-state index >= 15 is 0 Å². The molecular weight excluding hydrogens is 470 g/mol. The second-order valence-corrected chi connectivity index (χ2v) is 9.69. The van der Waals surface area contributed by atoms with E-state index in [4.69, 9.17) is 14.2 Å². The molecule has 6 rings (SSSR count). The minimum absolute atomic E-state index is 0.0354. The van der Waals surface area contributed by atoms with Gasteiger partial charge in [0.05, 0.1) is 12.2 Å². The fourth-order valence-electron chi connectivity index (χ4n) is 5.01. The summed E-state index contributed by atoms with van der Waals surface area (Å²) in [4.78, 5) is 31.7. The van der Waals surface area contributed by atoms with Gasteiger partial charge in [-0.05, 0) is 60.0 Å². The van der Waals surface area contributed by atoms with Crippen LogP contribution in [0, 0.1) is 6.92 Å². The zero-order chi connectivity index (χ0) is 25.4. The lowest BCUT2D eigenvalue weighted by atomic mass is 10.1. The van der Waals surface area contributed by atoms with Crippen LogP contribution in [0.25, 0.3) is 0 Å². The molecule has 2 amide bonds. The summed E-state index contributed by atoms with van der Waals surface area (Å²) in [6, 6.07) is 19.5. The molecule has 0 aromatic heterocycles. The molecule has 190 valence electrons. The largest absolute Gasteiger partial charge is 0.482 e. The predicted molar refractivity (Wildman–Crippen MR) is 138 cm³/mol. The smallest absolute Gasteiger partial charge is 0.265 e. The van der Waals surface area contributed by atoms with Crippen LogP contribution in [0.15, 0.2) is 60.7 Å². The number of hydrogen-bond donors (Lipinski definition) is 0. The Kier molecular flexibility index (Phi) is 6.18. The fraction of sp³-hybridized carbons (Fsp3) is 0.310. The molecule has 0 saturated carbocycles. The number of fused-ring (bicyclic) bond motifs is 2. The third-order valence-corrected chi connectivity index (χ3v) is 7.10. The molecule has 1 fully saturated rings. The molecule has 1 saturated heterocycles. The van der Waals surface area contributed by atoms with Crippen LogP contribution in [0.2, 0.25) is 0 Å². The van der Waals surface area contributed by atoms with E-state index in [1.807, 2.05) is 66.4 Å². The predicted octanol–water partition coefficient (Wildman–Crippen LogP) is 3.61. The Morgan fingerprint density at radius 1 is 0.784 bits per heavy atom. The van der Waals surface area contributed by atoms with Gasteiger partial charge in [0.1, 0.15) is 5.75 Å². The number of anilines is 1. The van der Waals surface area contributed by atoms with E-state index in [-0.39, 0.29) is 25.2 Å². The molecule has 37 heavy (non-hydrogen) atoms. The van der Waals surface area contributed by atoms with Crippen LogP contribution in [0.3, 0.4) is 0 Å². The summed E-state index contributed by atoms with van der Waals surface area (Å²) in [5, 5.41) is 0. The molecule has 0 spiro atoms. The number of rotatable bonds is 5. The topological polar surface area (TPSA) is 71.6 Å². The van der Waals surface area contributed by atoms with E-state index < -0.39 is 0 Å². The quantitative estimate of drug-likeness (QED) is 0.534. The highest BCUT2D eigenvalue weighted by atomic mass is 16.7. The summed E-state index contributed by atoms with van der Waals surface area (Å²) in [5.74, 6) is 2.28. The minimum atomic E-state index is -0.0740. The number of hydrogen-bond acceptors (Lipinski definition) is 6. The lowest BCUT2D eigenvalue weighted by Gasteiger charge is -2.35. The van der Waals surface area contributed by atoms with Crippen molar-refractivity contribution in [1.82, 2.24) is 9.80 Å². The molecule has 0 aliphatic carbocycles. The average molecular weight is 500 g/mol. The van der Waals surface area contributed by atoms with Crippen LogP contribution >= 0.6 is 0 Å². The highest BCUT2D eigenvalue weighted by Gasteiger charge is 2.26. The molecule has 0 N–H and O–H groups in total. The van der Waals surface area contributed by atoms with Crippen LogP contribution < -0.4 is 19.1 Å². The number of ether oxygens (including phenoxy) is 3. The van der Waals surface area contributed by atoms with Crippen molar-refractivity contribution < 1.29 is 23.8 Å². The number of carbonyl (C=O) groups is 2. The zero-order valence-electron chi connectivity index (χ0n) is 20.8. The molecule has 8 heteroatoms. The Morgan fingerprint density at radius 3 is 2.35 bits per heavy atom. The maximum Gasteiger partial charge on any atom is 0.265 e. The lowest BCUT2D eigenvalue weighted by Crippen LogP contribution is -2.48. The van der Waals surface area contributed by atoms with Crippen LogP contribution in [-0.4, -0.2) is 61.2 Å². The molecule has 3 aliphatic rings. The highest BCUT2D eigenvalue weighted by Crippen LogP contribution is 2.34. The van der Waals surface area contributed by atoms with E-state index in [2.05, 4.69) is 11.0 Å². The van der Waals surface area contributed by atoms with Gasteiger partial charge in [-0.3, -0.25) is 14.5 Å². The molecular formula is C29H29N3O5. The molecule has 0 atom stereocenters. The van der Waals surface area contributed by atoms with Crippen LogP contribution in [0.4, 0.5) is 5.69 Å². The van der Waals surface area contributed by atoms with Crippen molar-refractivity contribution in [3.8, 4) is 17.2 Å². The van der Waals surface area contributed by atoms with Crippen LogP contribution in [-0.2, 0) is 17.9 Å². The van der Waals surface area contributed by atoms with E-state index in [1.165, 1.54) is 5.56 Å². The summed E-state index contributed by atoms with van der Waals surface area (Å²) in [6.45, 7) is 6.56. The number of nitrogens with zero attached hydrogens (tertiary/aromatic N) is 3. The van der Waals surface area contributed by atoms with Crippen LogP contribution in [0.1, 0.15) is 27.0 Å². The van der Waals surface area contributed by atoms with E-state index in [0.717, 1.165) is 53.7 Å². The molecule has 0 radical (unpaired) electrons. The zero-order valence-corrected chi connectivity index (χ0v) is 20.8. The third kappa shape index (κ3) is 4.84. The summed E-state index contributed by atoms with van der Waals surface area (Å²) in [5.41, 5.74) is 4.67. The van der Waals surface area contributed by atoms with Gasteiger partial charge in [-0.15, -0.1) is 0 Å². The molecule has 3 aromatic rings. The summed E-state index contributed by atoms with van der Waals surface area (Å²) in [7, 11) is 0. The van der Waals surface area contributed by atoms with Crippen molar-refractivity contribution in [3.63, 3.8) is 0 Å². The van der Waals surface area contributed by atoms with Crippen molar-refractivity contribution >= 4 is 17.5 Å². The molecule has 3 aromatic carbocycles. The first-order chi connectivity index (χ1) is 18.0. The summed E-state index contributed by atoms with van der Waals surface area (Å²) >= 11 is 0. The van der Waals surface area contributed by atoms with Crippen LogP contribution in [0.5, 0.6) is 17.2 Å². The van der Waals surface area contributed by atoms with Gasteiger partial charge >= 0.3 is 0 Å². The number of amides is 2. The molecule has 0 bridgehead atoms. The monoisotopic (exact) mass is 499 g/mol. The van der Waals surface area contributed by atoms with Crippen molar-refractivity contribution in [2.24, 2.45) is 0 Å². The third-order valence-electron chi connectivity index (χ3n) is 7.10. The Morgan fingerprint density at radius 2 is 1.54 bits per heavy atom. The second kappa shape index (κ2) is 9.78. The van der Waals surface area contributed by atoms with Crippen molar-refractivity contribution in [2.45, 2.75) is 20.0 Å². The molecule has 3 aliphatic heterocycles. The van der Waals surface area contributed by atoms with Crippen molar-refractivity contribution in [1.29, 1.82) is 0 Å². The summed E-state index contributed by atoms with van der Waals surface area (Å²) in [6.07, 6.45) is 0. The fourth-order valence-corrected chi connectivity index (χ4v) is 5.01. The highest BCUT2D eigenvalue weighted by molar-refractivity contribution is 5.98. The lowest BCUT2D eigenvalue weighted by molar-refractivity contribution is -0.121. The first-order valence-corrected chi connectivity index (χ1v) is 12.6. The molecule has 3 heterocycles. The number of benzene rings is 3. The standard InChI is InChI=1S/C29H29N3O5/c1-20-2-8-24-26(14-20)35-18-28(33)32(24)17-21-3-6-23(7-4-21)29(34)31-12-10-30(11-13-31)16-22-5-9-25-27(15-22)37-19-36-25/h2-9,14-15H,10-13,16-19H2,1H3. The number of piperazine rings is 1. The summed E-state index contributed by atoms with van der Waals surface area (Å²) < 4.78 is 16.5. The Hall–Kier alpha value is -4.04. The maximum absolute atomic E-state index is 13.1. The number of carbonyl (C=O) groups excluding carboxylic acids is 2. The van der Waals surface area contributed by atoms with Gasteiger partial charge < -0.3 is 24.0 Å². The van der Waals surface area contributed by atoms with Gasteiger partial charge in [0, 0.05) is 38.3 Å². The van der Waals surface area contributed by atoms with E-state index in [0.29, 0.717) is 25.2 Å². The first-order valence-electron chi connectivity index (χ1n) is 12.6. The Labute approximate surface area is 215 Å². The Balaban J connectivity index is 1.05. The van der Waals surface area contributed by atoms with Crippen molar-refractivity contribution in [3.05, 3.63) is 82.9 Å². The van der Waals surface area contributed by atoms with E-state index in [9.17, 15) is 9.59 Å².